The van der Waals surface area contributed by atoms with Crippen molar-refractivity contribution in [1.29, 1.82) is 0 Å². The molecule has 3 heteroatoms. The minimum atomic E-state index is 0.0485. The fraction of sp³-hybridized carbons (Fsp3) is 0.312. The number of nitrogens with zero attached hydrogens (tertiary/aromatic N) is 1. The van der Waals surface area contributed by atoms with Crippen molar-refractivity contribution >= 4 is 0 Å². The van der Waals surface area contributed by atoms with Crippen LogP contribution >= 0.6 is 0 Å². The van der Waals surface area contributed by atoms with Gasteiger partial charge in [0.25, 0.3) is 0 Å². The first-order valence-corrected chi connectivity index (χ1v) is 6.70. The van der Waals surface area contributed by atoms with E-state index in [0.29, 0.717) is 0 Å². The zero-order chi connectivity index (χ0) is 13.7. The number of hydrazine groups is 1. The highest BCUT2D eigenvalue weighted by Gasteiger charge is 2.11. The van der Waals surface area contributed by atoms with Crippen LogP contribution in [0, 0.1) is 6.92 Å². The molecule has 1 unspecified atom stereocenters. The van der Waals surface area contributed by atoms with Crippen LogP contribution in [0.2, 0.25) is 0 Å². The zero-order valence-electron chi connectivity index (χ0n) is 11.6. The Bertz CT molecular complexity index is 520. The molecule has 0 amide bonds. The van der Waals surface area contributed by atoms with Crippen molar-refractivity contribution < 1.29 is 0 Å². The van der Waals surface area contributed by atoms with Gasteiger partial charge in [0.15, 0.2) is 0 Å². The van der Waals surface area contributed by atoms with Gasteiger partial charge in [-0.15, -0.1) is 0 Å². The molecule has 0 aliphatic heterocycles. The van der Waals surface area contributed by atoms with Gasteiger partial charge in [-0.05, 0) is 43.0 Å². The van der Waals surface area contributed by atoms with Crippen LogP contribution in [-0.4, -0.2) is 4.98 Å². The summed E-state index contributed by atoms with van der Waals surface area (Å²) in [4.78, 5) is 4.53. The molecule has 0 bridgehead atoms. The predicted molar refractivity (Wildman–Crippen MR) is 78.6 cm³/mol. The Kier molecular flexibility index (Phi) is 4.66. The highest BCUT2D eigenvalue weighted by atomic mass is 15.2. The van der Waals surface area contributed by atoms with Crippen LogP contribution in [0.25, 0.3) is 0 Å². The van der Waals surface area contributed by atoms with Crippen LogP contribution in [0.5, 0.6) is 0 Å². The largest absolute Gasteiger partial charge is 0.271 e. The Balaban J connectivity index is 2.14. The number of nitrogens with two attached hydrogens (primary N) is 1. The molecule has 3 nitrogen and oxygen atoms in total. The van der Waals surface area contributed by atoms with Crippen molar-refractivity contribution in [3.8, 4) is 0 Å². The second-order valence-corrected chi connectivity index (χ2v) is 4.80. The molecular formula is C16H21N3. The second kappa shape index (κ2) is 6.45. The van der Waals surface area contributed by atoms with E-state index in [1.807, 2.05) is 25.1 Å². The van der Waals surface area contributed by atoms with Gasteiger partial charge >= 0.3 is 0 Å². The van der Waals surface area contributed by atoms with Gasteiger partial charge in [-0.2, -0.15) is 0 Å². The summed E-state index contributed by atoms with van der Waals surface area (Å²) in [5.74, 6) is 5.67. The first kappa shape index (κ1) is 13.7. The molecule has 0 saturated carbocycles. The summed E-state index contributed by atoms with van der Waals surface area (Å²) in [6, 6.07) is 14.7. The Morgan fingerprint density at radius 3 is 2.37 bits per heavy atom. The van der Waals surface area contributed by atoms with Crippen molar-refractivity contribution in [2.45, 2.75) is 32.7 Å². The normalized spacial score (nSPS) is 12.4. The molecule has 2 rings (SSSR count). The summed E-state index contributed by atoms with van der Waals surface area (Å²) in [5, 5.41) is 0. The van der Waals surface area contributed by atoms with Crippen LogP contribution in [0.15, 0.2) is 42.5 Å². The summed E-state index contributed by atoms with van der Waals surface area (Å²) < 4.78 is 0. The van der Waals surface area contributed by atoms with E-state index in [0.717, 1.165) is 24.2 Å². The van der Waals surface area contributed by atoms with Gasteiger partial charge in [0.05, 0.1) is 11.7 Å². The van der Waals surface area contributed by atoms with Gasteiger partial charge in [0.2, 0.25) is 0 Å². The number of rotatable bonds is 5. The summed E-state index contributed by atoms with van der Waals surface area (Å²) in [7, 11) is 0. The third kappa shape index (κ3) is 3.63. The fourth-order valence-corrected chi connectivity index (χ4v) is 2.15. The number of aryl methyl sites for hydroxylation is 2. The quantitative estimate of drug-likeness (QED) is 0.638. The summed E-state index contributed by atoms with van der Waals surface area (Å²) >= 11 is 0. The number of nitrogens with one attached hydrogen (secondary N) is 1. The van der Waals surface area contributed by atoms with Crippen molar-refractivity contribution in [3.63, 3.8) is 0 Å². The summed E-state index contributed by atoms with van der Waals surface area (Å²) in [5.41, 5.74) is 7.48. The van der Waals surface area contributed by atoms with Gasteiger partial charge in [0, 0.05) is 5.69 Å². The molecule has 0 saturated heterocycles. The summed E-state index contributed by atoms with van der Waals surface area (Å²) in [6.45, 7) is 4.16. The lowest BCUT2D eigenvalue weighted by molar-refractivity contribution is 0.537. The maximum absolute atomic E-state index is 5.67. The van der Waals surface area contributed by atoms with Crippen LogP contribution in [-0.2, 0) is 12.8 Å². The van der Waals surface area contributed by atoms with Crippen molar-refractivity contribution in [1.82, 2.24) is 10.4 Å². The van der Waals surface area contributed by atoms with Gasteiger partial charge in [-0.1, -0.05) is 37.3 Å². The molecule has 0 aliphatic carbocycles. The monoisotopic (exact) mass is 255 g/mol. The molecule has 100 valence electrons. The van der Waals surface area contributed by atoms with Crippen LogP contribution < -0.4 is 11.3 Å². The lowest BCUT2D eigenvalue weighted by atomic mass is 10.0. The van der Waals surface area contributed by atoms with E-state index in [1.165, 1.54) is 11.1 Å². The molecule has 3 N–H and O–H groups in total. The molecule has 2 aromatic rings. The standard InChI is InChI=1S/C16H21N3/c1-3-13-7-9-14(10-8-13)11-16(19-17)15-6-4-5-12(2)18-15/h4-10,16,19H,3,11,17H2,1-2H3. The molecule has 1 atom stereocenters. The molecule has 1 aromatic carbocycles. The molecule has 0 fully saturated rings. The fourth-order valence-electron chi connectivity index (χ4n) is 2.15. The summed E-state index contributed by atoms with van der Waals surface area (Å²) in [6.07, 6.45) is 1.91. The van der Waals surface area contributed by atoms with E-state index in [9.17, 15) is 0 Å². The zero-order valence-corrected chi connectivity index (χ0v) is 11.6. The molecule has 0 aliphatic rings. The average Bonchev–Trinajstić information content (AvgIpc) is 2.45. The third-order valence-electron chi connectivity index (χ3n) is 3.34. The van der Waals surface area contributed by atoms with Crippen molar-refractivity contribution in [2.75, 3.05) is 0 Å². The maximum atomic E-state index is 5.67. The van der Waals surface area contributed by atoms with Crippen LogP contribution in [0.1, 0.15) is 35.5 Å². The van der Waals surface area contributed by atoms with Crippen molar-refractivity contribution in [2.24, 2.45) is 5.84 Å². The Hall–Kier alpha value is -1.71. The van der Waals surface area contributed by atoms with E-state index in [2.05, 4.69) is 41.6 Å². The molecule has 19 heavy (non-hydrogen) atoms. The Morgan fingerprint density at radius 2 is 1.79 bits per heavy atom. The van der Waals surface area contributed by atoms with Crippen molar-refractivity contribution in [3.05, 3.63) is 65.0 Å². The SMILES string of the molecule is CCc1ccc(CC(NN)c2cccc(C)n2)cc1. The van der Waals surface area contributed by atoms with Gasteiger partial charge < -0.3 is 0 Å². The lowest BCUT2D eigenvalue weighted by Crippen LogP contribution is -2.30. The van der Waals surface area contributed by atoms with Gasteiger partial charge in [-0.3, -0.25) is 16.3 Å². The highest BCUT2D eigenvalue weighted by Crippen LogP contribution is 2.17. The molecule has 1 aromatic heterocycles. The molecular weight excluding hydrogens is 234 g/mol. The Morgan fingerprint density at radius 1 is 1.11 bits per heavy atom. The predicted octanol–water partition coefficient (Wildman–Crippen LogP) is 2.70. The number of benzene rings is 1. The van der Waals surface area contributed by atoms with Crippen LogP contribution in [0.3, 0.4) is 0 Å². The minimum absolute atomic E-state index is 0.0485. The minimum Gasteiger partial charge on any atom is -0.271 e. The van der Waals surface area contributed by atoms with Gasteiger partial charge in [0.1, 0.15) is 0 Å². The first-order valence-electron chi connectivity index (χ1n) is 6.70. The molecule has 1 heterocycles. The van der Waals surface area contributed by atoms with E-state index < -0.39 is 0 Å². The first-order chi connectivity index (χ1) is 9.22. The third-order valence-corrected chi connectivity index (χ3v) is 3.34. The maximum Gasteiger partial charge on any atom is 0.0672 e. The molecule has 0 spiro atoms. The van der Waals surface area contributed by atoms with Gasteiger partial charge in [-0.25, -0.2) is 0 Å². The van der Waals surface area contributed by atoms with E-state index in [4.69, 9.17) is 5.84 Å². The second-order valence-electron chi connectivity index (χ2n) is 4.80. The average molecular weight is 255 g/mol. The van der Waals surface area contributed by atoms with Crippen LogP contribution in [0.4, 0.5) is 0 Å². The van der Waals surface area contributed by atoms with E-state index >= 15 is 0 Å². The number of pyridine rings is 1. The number of aromatic nitrogens is 1. The number of hydrogen-bond acceptors (Lipinski definition) is 3. The Labute approximate surface area is 114 Å². The van der Waals surface area contributed by atoms with E-state index in [1.54, 1.807) is 0 Å². The molecule has 0 radical (unpaired) electrons. The highest BCUT2D eigenvalue weighted by molar-refractivity contribution is 5.25. The van der Waals surface area contributed by atoms with E-state index in [-0.39, 0.29) is 6.04 Å². The lowest BCUT2D eigenvalue weighted by Gasteiger charge is -2.16. The number of hydrogen-bond donors (Lipinski definition) is 2. The topological polar surface area (TPSA) is 50.9 Å². The smallest absolute Gasteiger partial charge is 0.0672 e.